The number of amides is 4. The van der Waals surface area contributed by atoms with Crippen molar-refractivity contribution in [3.05, 3.63) is 95.5 Å². The number of nitrogens with one attached hydrogen (secondary N) is 4. The Labute approximate surface area is 319 Å². The fourth-order valence-corrected chi connectivity index (χ4v) is 8.36. The van der Waals surface area contributed by atoms with Crippen LogP contribution < -0.4 is 16.0 Å². The summed E-state index contributed by atoms with van der Waals surface area (Å²) in [5, 5.41) is 8.27. The van der Waals surface area contributed by atoms with E-state index < -0.39 is 6.09 Å². The van der Waals surface area contributed by atoms with Crippen molar-refractivity contribution in [2.45, 2.75) is 51.6 Å². The maximum absolute atomic E-state index is 13.9. The molecule has 4 N–H and O–H groups in total. The van der Waals surface area contributed by atoms with Crippen LogP contribution in [0.4, 0.5) is 4.79 Å². The van der Waals surface area contributed by atoms with Crippen LogP contribution in [-0.2, 0) is 19.1 Å². The highest BCUT2D eigenvalue weighted by atomic mass is 16.5. The molecule has 1 saturated carbocycles. The molecule has 4 aromatic rings. The number of H-pyrrole nitrogens is 1. The number of rotatable bonds is 14. The standard InChI is InChI=1S/C42H45N7O6/c1-5-15-48(37(51)20-43-23-50)22-24(3)45-34(6-2)27-9-13-31-30-12-8-25(17-32(30)40(53)33(31)18-27)26-10-14-35-36(19-26)47-41(46-35)39-28-7-11-29(16-28)49(39)38(52)21-44-42(54)55-4/h6,8-10,12-14,17-19,23,28-29,39,45H,3,5,7,11,15-16,20-22H2,1-2,4H3,(H,43,50)(H,44,54)(H,46,47)/b34-6-/t28-,29+,39-/m0/s1. The van der Waals surface area contributed by atoms with E-state index in [2.05, 4.69) is 32.3 Å². The molecule has 1 saturated heterocycles. The van der Waals surface area contributed by atoms with Gasteiger partial charge in [-0.05, 0) is 90.6 Å². The lowest BCUT2D eigenvalue weighted by Gasteiger charge is -2.34. The van der Waals surface area contributed by atoms with Gasteiger partial charge >= 0.3 is 6.09 Å². The number of methoxy groups -OCH3 is 1. The van der Waals surface area contributed by atoms with Crippen LogP contribution in [-0.4, -0.2) is 89.2 Å². The molecule has 1 aliphatic heterocycles. The quantitative estimate of drug-likeness (QED) is 0.111. The van der Waals surface area contributed by atoms with Gasteiger partial charge in [-0.1, -0.05) is 49.9 Å². The van der Waals surface area contributed by atoms with Crippen LogP contribution in [0.2, 0.25) is 0 Å². The predicted molar refractivity (Wildman–Crippen MR) is 208 cm³/mol. The number of hydrogen-bond acceptors (Lipinski definition) is 8. The third-order valence-corrected chi connectivity index (χ3v) is 10.9. The van der Waals surface area contributed by atoms with Gasteiger partial charge in [-0.3, -0.25) is 19.2 Å². The molecule has 0 radical (unpaired) electrons. The maximum Gasteiger partial charge on any atom is 0.407 e. The molecule has 0 unspecified atom stereocenters. The maximum atomic E-state index is 13.9. The number of alkyl carbamates (subject to hydrolysis) is 1. The number of piperidine rings is 1. The zero-order valence-corrected chi connectivity index (χ0v) is 31.2. The predicted octanol–water partition coefficient (Wildman–Crippen LogP) is 5.30. The molecule has 3 atom stereocenters. The number of ether oxygens (including phenoxy) is 1. The molecule has 1 aromatic heterocycles. The summed E-state index contributed by atoms with van der Waals surface area (Å²) >= 11 is 0. The monoisotopic (exact) mass is 743 g/mol. The van der Waals surface area contributed by atoms with Gasteiger partial charge in [-0.15, -0.1) is 0 Å². The molecule has 3 aliphatic rings. The minimum atomic E-state index is -0.640. The SMILES string of the molecule is C=C(CN(CCC)C(=O)CNC=O)N/C(=C\C)c1ccc2c(c1)C(=O)c1cc(-c3ccc4nc([C@@H]5[C@H]6CC[C@H](C6)N5C(=O)CNC(=O)OC)[nH]c4c3)ccc1-2. The van der Waals surface area contributed by atoms with Gasteiger partial charge in [0.2, 0.25) is 18.2 Å². The first kappa shape index (κ1) is 37.1. The molecule has 3 aromatic carbocycles. The van der Waals surface area contributed by atoms with Crippen LogP contribution in [0.3, 0.4) is 0 Å². The molecule has 284 valence electrons. The topological polar surface area (TPSA) is 166 Å². The van der Waals surface area contributed by atoms with Gasteiger partial charge in [0.1, 0.15) is 12.4 Å². The van der Waals surface area contributed by atoms with E-state index >= 15 is 0 Å². The number of likely N-dealkylation sites (tertiary alicyclic amines) is 1. The van der Waals surface area contributed by atoms with Crippen molar-refractivity contribution in [1.29, 1.82) is 0 Å². The zero-order chi connectivity index (χ0) is 38.8. The smallest absolute Gasteiger partial charge is 0.407 e. The van der Waals surface area contributed by atoms with Gasteiger partial charge < -0.3 is 35.5 Å². The van der Waals surface area contributed by atoms with Crippen LogP contribution in [0.5, 0.6) is 0 Å². The van der Waals surface area contributed by atoms with E-state index in [9.17, 15) is 24.0 Å². The molecular weight excluding hydrogens is 699 g/mol. The van der Waals surface area contributed by atoms with Crippen molar-refractivity contribution >= 4 is 46.8 Å². The van der Waals surface area contributed by atoms with Gasteiger partial charge in [0.25, 0.3) is 0 Å². The number of aromatic amines is 1. The Morgan fingerprint density at radius 2 is 1.76 bits per heavy atom. The van der Waals surface area contributed by atoms with Gasteiger partial charge in [0, 0.05) is 35.1 Å². The van der Waals surface area contributed by atoms with E-state index in [1.165, 1.54) is 7.11 Å². The number of nitrogens with zero attached hydrogens (tertiary/aromatic N) is 3. The number of carbonyl (C=O) groups is 5. The highest BCUT2D eigenvalue weighted by Crippen LogP contribution is 2.50. The van der Waals surface area contributed by atoms with Crippen LogP contribution >= 0.6 is 0 Å². The fourth-order valence-electron chi connectivity index (χ4n) is 8.36. The van der Waals surface area contributed by atoms with Crippen molar-refractivity contribution in [2.24, 2.45) is 5.92 Å². The molecule has 0 spiro atoms. The summed E-state index contributed by atoms with van der Waals surface area (Å²) in [6.07, 6.45) is 5.39. The van der Waals surface area contributed by atoms with Crippen LogP contribution in [0.25, 0.3) is 39.0 Å². The van der Waals surface area contributed by atoms with Crippen molar-refractivity contribution in [3.8, 4) is 22.3 Å². The Balaban J connectivity index is 1.08. The van der Waals surface area contributed by atoms with Crippen LogP contribution in [0.15, 0.2) is 72.9 Å². The molecule has 2 aliphatic carbocycles. The van der Waals surface area contributed by atoms with E-state index in [4.69, 9.17) is 4.98 Å². The van der Waals surface area contributed by atoms with Crippen LogP contribution in [0.1, 0.15) is 72.9 Å². The lowest BCUT2D eigenvalue weighted by molar-refractivity contribution is -0.135. The molecule has 2 fully saturated rings. The second-order valence-electron chi connectivity index (χ2n) is 14.3. The van der Waals surface area contributed by atoms with Gasteiger partial charge in [0.15, 0.2) is 5.78 Å². The first-order chi connectivity index (χ1) is 26.6. The largest absolute Gasteiger partial charge is 0.453 e. The minimum Gasteiger partial charge on any atom is -0.453 e. The Morgan fingerprint density at radius 1 is 1.02 bits per heavy atom. The summed E-state index contributed by atoms with van der Waals surface area (Å²) in [5.74, 6) is 0.615. The Bertz CT molecular complexity index is 2240. The second kappa shape index (κ2) is 15.6. The molecular formula is C42H45N7O6. The normalized spacial score (nSPS) is 18.2. The molecule has 2 bridgehead atoms. The highest BCUT2D eigenvalue weighted by Gasteiger charge is 2.49. The van der Waals surface area contributed by atoms with E-state index in [-0.39, 0.29) is 49.3 Å². The number of imidazole rings is 1. The first-order valence-electron chi connectivity index (χ1n) is 18.7. The molecule has 7 rings (SSSR count). The number of carbonyl (C=O) groups excluding carboxylic acids is 5. The Kier molecular flexibility index (Phi) is 10.5. The van der Waals surface area contributed by atoms with E-state index in [1.807, 2.05) is 79.4 Å². The number of benzene rings is 3. The van der Waals surface area contributed by atoms with Gasteiger partial charge in [0.05, 0.1) is 37.3 Å². The lowest BCUT2D eigenvalue weighted by Crippen LogP contribution is -2.45. The molecule has 13 heteroatoms. The second-order valence-corrected chi connectivity index (χ2v) is 14.3. The third kappa shape index (κ3) is 7.21. The number of ketones is 1. The van der Waals surface area contributed by atoms with Crippen molar-refractivity contribution in [2.75, 3.05) is 33.3 Å². The molecule has 4 amide bonds. The first-order valence-corrected chi connectivity index (χ1v) is 18.7. The van der Waals surface area contributed by atoms with Gasteiger partial charge in [-0.25, -0.2) is 9.78 Å². The Hall–Kier alpha value is -6.24. The number of aromatic nitrogens is 2. The molecule has 2 heterocycles. The van der Waals surface area contributed by atoms with E-state index in [0.29, 0.717) is 35.7 Å². The number of allylic oxidation sites excluding steroid dienone is 1. The minimum absolute atomic E-state index is 0.0574. The van der Waals surface area contributed by atoms with E-state index in [0.717, 1.165) is 76.1 Å². The van der Waals surface area contributed by atoms with Crippen molar-refractivity contribution in [3.63, 3.8) is 0 Å². The van der Waals surface area contributed by atoms with Gasteiger partial charge in [-0.2, -0.15) is 0 Å². The summed E-state index contributed by atoms with van der Waals surface area (Å²) in [5.41, 5.74) is 8.61. The van der Waals surface area contributed by atoms with E-state index in [1.54, 1.807) is 4.90 Å². The third-order valence-electron chi connectivity index (χ3n) is 10.9. The summed E-state index contributed by atoms with van der Waals surface area (Å²) in [7, 11) is 1.27. The fraction of sp³-hybridized carbons (Fsp3) is 0.333. The average Bonchev–Trinajstić information content (AvgIpc) is 3.99. The molecule has 13 nitrogen and oxygen atoms in total. The highest BCUT2D eigenvalue weighted by molar-refractivity contribution is 6.22. The number of fused-ring (bicyclic) bond motifs is 6. The van der Waals surface area contributed by atoms with Crippen LogP contribution in [0, 0.1) is 5.92 Å². The summed E-state index contributed by atoms with van der Waals surface area (Å²) < 4.78 is 4.65. The summed E-state index contributed by atoms with van der Waals surface area (Å²) in [6, 6.07) is 17.7. The Morgan fingerprint density at radius 3 is 2.51 bits per heavy atom. The average molecular weight is 744 g/mol. The molecule has 55 heavy (non-hydrogen) atoms. The lowest BCUT2D eigenvalue weighted by atomic mass is 9.98. The summed E-state index contributed by atoms with van der Waals surface area (Å²) in [6.45, 7) is 8.60. The number of hydrogen-bond donors (Lipinski definition) is 4. The summed E-state index contributed by atoms with van der Waals surface area (Å²) in [4.78, 5) is 74.1. The van der Waals surface area contributed by atoms with Crippen molar-refractivity contribution in [1.82, 2.24) is 35.7 Å². The van der Waals surface area contributed by atoms with Crippen molar-refractivity contribution < 1.29 is 28.7 Å². The zero-order valence-electron chi connectivity index (χ0n) is 31.2.